The van der Waals surface area contributed by atoms with E-state index in [4.69, 9.17) is 11.5 Å². The SMILES string of the molecule is CCc1cc(N)cc(C(C)c2cc(N)cc(CC)c2)c1. The number of anilines is 2. The third-order valence-electron chi connectivity index (χ3n) is 3.89. The van der Waals surface area contributed by atoms with Crippen LogP contribution in [0.15, 0.2) is 36.4 Å². The fourth-order valence-corrected chi connectivity index (χ4v) is 2.59. The van der Waals surface area contributed by atoms with Crippen LogP contribution in [0.5, 0.6) is 0 Å². The zero-order valence-electron chi connectivity index (χ0n) is 12.6. The second kappa shape index (κ2) is 6.00. The smallest absolute Gasteiger partial charge is 0.0319 e. The van der Waals surface area contributed by atoms with Gasteiger partial charge in [0.05, 0.1) is 0 Å². The fraction of sp³-hybridized carbons (Fsp3) is 0.333. The second-order valence-corrected chi connectivity index (χ2v) is 5.44. The van der Waals surface area contributed by atoms with Gasteiger partial charge in [0, 0.05) is 17.3 Å². The Morgan fingerprint density at radius 2 is 1.15 bits per heavy atom. The normalized spacial score (nSPS) is 11.0. The highest BCUT2D eigenvalue weighted by atomic mass is 14.5. The lowest BCUT2D eigenvalue weighted by molar-refractivity contribution is 0.912. The molecule has 4 N–H and O–H groups in total. The molecule has 0 radical (unpaired) electrons. The van der Waals surface area contributed by atoms with Crippen molar-refractivity contribution in [3.8, 4) is 0 Å². The maximum atomic E-state index is 6.01. The van der Waals surface area contributed by atoms with E-state index in [1.807, 2.05) is 12.1 Å². The first-order valence-corrected chi connectivity index (χ1v) is 7.32. The van der Waals surface area contributed by atoms with E-state index in [-0.39, 0.29) is 0 Å². The first-order chi connectivity index (χ1) is 9.53. The van der Waals surface area contributed by atoms with Crippen molar-refractivity contribution >= 4 is 11.4 Å². The molecule has 0 aliphatic heterocycles. The summed E-state index contributed by atoms with van der Waals surface area (Å²) in [5.74, 6) is 0.303. The Balaban J connectivity index is 2.42. The van der Waals surface area contributed by atoms with E-state index in [0.717, 1.165) is 24.2 Å². The molecule has 2 aromatic carbocycles. The van der Waals surface area contributed by atoms with Gasteiger partial charge in [0.1, 0.15) is 0 Å². The molecular weight excluding hydrogens is 244 g/mol. The molecule has 0 atom stereocenters. The van der Waals surface area contributed by atoms with Gasteiger partial charge in [-0.1, -0.05) is 32.9 Å². The van der Waals surface area contributed by atoms with Crippen molar-refractivity contribution in [2.24, 2.45) is 0 Å². The summed E-state index contributed by atoms with van der Waals surface area (Å²) in [6, 6.07) is 12.7. The Bertz CT molecular complexity index is 549. The molecule has 2 nitrogen and oxygen atoms in total. The van der Waals surface area contributed by atoms with E-state index in [1.54, 1.807) is 0 Å². The average Bonchev–Trinajstić information content (AvgIpc) is 2.44. The zero-order chi connectivity index (χ0) is 14.7. The molecule has 0 aliphatic carbocycles. The molecule has 0 saturated heterocycles. The molecule has 106 valence electrons. The summed E-state index contributed by atoms with van der Waals surface area (Å²) < 4.78 is 0. The Labute approximate surface area is 121 Å². The standard InChI is InChI=1S/C18H24N2/c1-4-13-6-15(10-17(19)8-13)12(3)16-7-14(5-2)9-18(20)11-16/h6-12H,4-5,19-20H2,1-3H3. The maximum Gasteiger partial charge on any atom is 0.0319 e. The molecule has 20 heavy (non-hydrogen) atoms. The zero-order valence-corrected chi connectivity index (χ0v) is 12.6. The lowest BCUT2D eigenvalue weighted by Crippen LogP contribution is -2.01. The van der Waals surface area contributed by atoms with Crippen LogP contribution < -0.4 is 11.5 Å². The van der Waals surface area contributed by atoms with Crippen molar-refractivity contribution < 1.29 is 0 Å². The van der Waals surface area contributed by atoms with Crippen LogP contribution in [0.25, 0.3) is 0 Å². The van der Waals surface area contributed by atoms with Crippen LogP contribution in [0.3, 0.4) is 0 Å². The van der Waals surface area contributed by atoms with Gasteiger partial charge in [-0.15, -0.1) is 0 Å². The van der Waals surface area contributed by atoms with Crippen LogP contribution in [0.2, 0.25) is 0 Å². The largest absolute Gasteiger partial charge is 0.399 e. The highest BCUT2D eigenvalue weighted by Gasteiger charge is 2.11. The minimum Gasteiger partial charge on any atom is -0.399 e. The summed E-state index contributed by atoms with van der Waals surface area (Å²) in [7, 11) is 0. The van der Waals surface area contributed by atoms with Crippen molar-refractivity contribution in [3.05, 3.63) is 58.7 Å². The fourth-order valence-electron chi connectivity index (χ4n) is 2.59. The van der Waals surface area contributed by atoms with Gasteiger partial charge in [0.25, 0.3) is 0 Å². The number of aryl methyl sites for hydroxylation is 2. The van der Waals surface area contributed by atoms with Crippen LogP contribution in [-0.2, 0) is 12.8 Å². The van der Waals surface area contributed by atoms with Gasteiger partial charge in [-0.3, -0.25) is 0 Å². The highest BCUT2D eigenvalue weighted by Crippen LogP contribution is 2.29. The Morgan fingerprint density at radius 3 is 1.50 bits per heavy atom. The van der Waals surface area contributed by atoms with Crippen LogP contribution in [0.4, 0.5) is 11.4 Å². The van der Waals surface area contributed by atoms with E-state index in [9.17, 15) is 0 Å². The molecule has 0 heterocycles. The van der Waals surface area contributed by atoms with Gasteiger partial charge in [-0.25, -0.2) is 0 Å². The van der Waals surface area contributed by atoms with E-state index in [2.05, 4.69) is 45.0 Å². The lowest BCUT2D eigenvalue weighted by atomic mass is 9.89. The van der Waals surface area contributed by atoms with Crippen LogP contribution in [0, 0.1) is 0 Å². The number of benzene rings is 2. The molecule has 0 unspecified atom stereocenters. The quantitative estimate of drug-likeness (QED) is 0.819. The second-order valence-electron chi connectivity index (χ2n) is 5.44. The van der Waals surface area contributed by atoms with Crippen molar-refractivity contribution in [1.29, 1.82) is 0 Å². The number of hydrogen-bond acceptors (Lipinski definition) is 2. The van der Waals surface area contributed by atoms with Crippen molar-refractivity contribution in [2.75, 3.05) is 11.5 Å². The summed E-state index contributed by atoms with van der Waals surface area (Å²) in [6.45, 7) is 6.51. The Morgan fingerprint density at radius 1 is 0.750 bits per heavy atom. The average molecular weight is 268 g/mol. The number of nitrogen functional groups attached to an aromatic ring is 2. The molecule has 2 rings (SSSR count). The highest BCUT2D eigenvalue weighted by molar-refractivity contribution is 5.51. The maximum absolute atomic E-state index is 6.01. The van der Waals surface area contributed by atoms with Crippen LogP contribution >= 0.6 is 0 Å². The summed E-state index contributed by atoms with van der Waals surface area (Å²) in [6.07, 6.45) is 2.00. The summed E-state index contributed by atoms with van der Waals surface area (Å²) in [5, 5.41) is 0. The summed E-state index contributed by atoms with van der Waals surface area (Å²) >= 11 is 0. The van der Waals surface area contributed by atoms with E-state index in [1.165, 1.54) is 22.3 Å². The predicted molar refractivity (Wildman–Crippen MR) is 88.0 cm³/mol. The molecule has 0 bridgehead atoms. The Kier molecular flexibility index (Phi) is 4.33. The van der Waals surface area contributed by atoms with Gasteiger partial charge in [0.15, 0.2) is 0 Å². The van der Waals surface area contributed by atoms with E-state index < -0.39 is 0 Å². The molecule has 2 aromatic rings. The monoisotopic (exact) mass is 268 g/mol. The van der Waals surface area contributed by atoms with Gasteiger partial charge >= 0.3 is 0 Å². The number of hydrogen-bond donors (Lipinski definition) is 2. The van der Waals surface area contributed by atoms with E-state index >= 15 is 0 Å². The third-order valence-corrected chi connectivity index (χ3v) is 3.89. The number of rotatable bonds is 4. The predicted octanol–water partition coefficient (Wildman–Crippen LogP) is 4.13. The van der Waals surface area contributed by atoms with Gasteiger partial charge in [-0.05, 0) is 59.4 Å². The molecule has 0 aromatic heterocycles. The molecule has 0 spiro atoms. The molecule has 0 fully saturated rings. The van der Waals surface area contributed by atoms with Gasteiger partial charge < -0.3 is 11.5 Å². The van der Waals surface area contributed by atoms with Crippen molar-refractivity contribution in [1.82, 2.24) is 0 Å². The molecule has 2 heteroatoms. The van der Waals surface area contributed by atoms with Crippen molar-refractivity contribution in [3.63, 3.8) is 0 Å². The van der Waals surface area contributed by atoms with E-state index in [0.29, 0.717) is 5.92 Å². The summed E-state index contributed by atoms with van der Waals surface area (Å²) in [5.41, 5.74) is 18.8. The topological polar surface area (TPSA) is 52.0 Å². The molecule has 0 aliphatic rings. The molecule has 0 amide bonds. The molecular formula is C18H24N2. The lowest BCUT2D eigenvalue weighted by Gasteiger charge is -2.16. The minimum atomic E-state index is 0.303. The minimum absolute atomic E-state index is 0.303. The Hall–Kier alpha value is -1.96. The van der Waals surface area contributed by atoms with Gasteiger partial charge in [0.2, 0.25) is 0 Å². The first-order valence-electron chi connectivity index (χ1n) is 7.32. The van der Waals surface area contributed by atoms with Gasteiger partial charge in [-0.2, -0.15) is 0 Å². The van der Waals surface area contributed by atoms with Crippen LogP contribution in [-0.4, -0.2) is 0 Å². The summed E-state index contributed by atoms with van der Waals surface area (Å²) in [4.78, 5) is 0. The van der Waals surface area contributed by atoms with Crippen molar-refractivity contribution in [2.45, 2.75) is 39.5 Å². The third kappa shape index (κ3) is 3.13. The number of nitrogens with two attached hydrogens (primary N) is 2. The molecule has 0 saturated carbocycles. The first kappa shape index (κ1) is 14.4. The van der Waals surface area contributed by atoms with Crippen LogP contribution in [0.1, 0.15) is 48.9 Å².